The molecule has 1 fully saturated rings. The summed E-state index contributed by atoms with van der Waals surface area (Å²) in [5.41, 5.74) is 0. The molecule has 0 spiro atoms. The third kappa shape index (κ3) is 3.28. The molecule has 0 aromatic rings. The molecule has 0 aromatic heterocycles. The van der Waals surface area contributed by atoms with Crippen LogP contribution in [0, 0.1) is 11.8 Å². The molecule has 13 heavy (non-hydrogen) atoms. The number of aliphatic hydroxyl groups excluding tert-OH is 2. The highest BCUT2D eigenvalue weighted by atomic mass is 16.3. The van der Waals surface area contributed by atoms with E-state index in [-0.39, 0.29) is 12.2 Å². The molecule has 1 aliphatic rings. The zero-order valence-corrected chi connectivity index (χ0v) is 8.74. The van der Waals surface area contributed by atoms with E-state index in [1.54, 1.807) is 0 Å². The van der Waals surface area contributed by atoms with Crippen molar-refractivity contribution >= 4 is 0 Å². The summed E-state index contributed by atoms with van der Waals surface area (Å²) in [5, 5.41) is 19.4. The van der Waals surface area contributed by atoms with E-state index in [0.29, 0.717) is 11.8 Å². The van der Waals surface area contributed by atoms with Gasteiger partial charge in [0.05, 0.1) is 12.2 Å². The molecule has 2 heteroatoms. The molecule has 78 valence electrons. The van der Waals surface area contributed by atoms with E-state index >= 15 is 0 Å². The normalized spacial score (nSPS) is 32.1. The Morgan fingerprint density at radius 1 is 1.23 bits per heavy atom. The molecule has 2 nitrogen and oxygen atoms in total. The second-order valence-corrected chi connectivity index (χ2v) is 4.66. The monoisotopic (exact) mass is 186 g/mol. The van der Waals surface area contributed by atoms with Crippen molar-refractivity contribution in [3.8, 4) is 0 Å². The third-order valence-corrected chi connectivity index (χ3v) is 3.18. The molecule has 1 aliphatic carbocycles. The van der Waals surface area contributed by atoms with Crippen LogP contribution < -0.4 is 0 Å². The Kier molecular flexibility index (Phi) is 4.20. The Balaban J connectivity index is 2.33. The Hall–Kier alpha value is -0.0800. The minimum atomic E-state index is -0.238. The molecule has 3 unspecified atom stereocenters. The van der Waals surface area contributed by atoms with Crippen molar-refractivity contribution in [3.05, 3.63) is 0 Å². The van der Waals surface area contributed by atoms with Gasteiger partial charge in [-0.2, -0.15) is 0 Å². The first-order valence-corrected chi connectivity index (χ1v) is 5.47. The van der Waals surface area contributed by atoms with Gasteiger partial charge in [0.25, 0.3) is 0 Å². The first kappa shape index (κ1) is 11.0. The predicted octanol–water partition coefficient (Wildman–Crippen LogP) is 1.94. The fourth-order valence-electron chi connectivity index (χ4n) is 2.05. The largest absolute Gasteiger partial charge is 0.393 e. The van der Waals surface area contributed by atoms with E-state index in [1.165, 1.54) is 6.42 Å². The summed E-state index contributed by atoms with van der Waals surface area (Å²) in [5.74, 6) is 0.653. The van der Waals surface area contributed by atoms with Crippen LogP contribution in [-0.4, -0.2) is 22.4 Å². The molecular formula is C11H22O2. The summed E-state index contributed by atoms with van der Waals surface area (Å²) < 4.78 is 0. The van der Waals surface area contributed by atoms with Crippen molar-refractivity contribution in [1.29, 1.82) is 0 Å². The summed E-state index contributed by atoms with van der Waals surface area (Å²) in [7, 11) is 0. The van der Waals surface area contributed by atoms with Crippen molar-refractivity contribution < 1.29 is 10.2 Å². The van der Waals surface area contributed by atoms with Gasteiger partial charge in [-0.05, 0) is 31.1 Å². The smallest absolute Gasteiger partial charge is 0.0569 e. The Morgan fingerprint density at radius 3 is 2.38 bits per heavy atom. The van der Waals surface area contributed by atoms with Crippen LogP contribution in [0.1, 0.15) is 46.0 Å². The lowest BCUT2D eigenvalue weighted by Crippen LogP contribution is -2.29. The van der Waals surface area contributed by atoms with Gasteiger partial charge in [-0.25, -0.2) is 0 Å². The van der Waals surface area contributed by atoms with Crippen LogP contribution in [-0.2, 0) is 0 Å². The summed E-state index contributed by atoms with van der Waals surface area (Å²) in [4.78, 5) is 0. The van der Waals surface area contributed by atoms with Gasteiger partial charge in [0.2, 0.25) is 0 Å². The van der Waals surface area contributed by atoms with Crippen molar-refractivity contribution in [2.24, 2.45) is 11.8 Å². The second-order valence-electron chi connectivity index (χ2n) is 4.66. The van der Waals surface area contributed by atoms with Gasteiger partial charge in [0, 0.05) is 0 Å². The van der Waals surface area contributed by atoms with Gasteiger partial charge in [0.15, 0.2) is 0 Å². The van der Waals surface area contributed by atoms with E-state index in [0.717, 1.165) is 25.7 Å². The number of hydrogen-bond acceptors (Lipinski definition) is 2. The SMILES string of the molecule is CC(C)C(O)CC1CCCCC1O. The molecule has 3 atom stereocenters. The van der Waals surface area contributed by atoms with Crippen LogP contribution in [0.15, 0.2) is 0 Å². The minimum absolute atomic E-state index is 0.165. The van der Waals surface area contributed by atoms with Crippen molar-refractivity contribution in [2.45, 2.75) is 58.2 Å². The second kappa shape index (κ2) is 4.97. The van der Waals surface area contributed by atoms with Crippen LogP contribution in [0.25, 0.3) is 0 Å². The third-order valence-electron chi connectivity index (χ3n) is 3.18. The molecule has 0 aliphatic heterocycles. The lowest BCUT2D eigenvalue weighted by atomic mass is 9.81. The molecule has 0 bridgehead atoms. The molecule has 0 heterocycles. The van der Waals surface area contributed by atoms with Crippen molar-refractivity contribution in [1.82, 2.24) is 0 Å². The van der Waals surface area contributed by atoms with E-state index < -0.39 is 0 Å². The van der Waals surface area contributed by atoms with Crippen LogP contribution in [0.4, 0.5) is 0 Å². The average molecular weight is 186 g/mol. The van der Waals surface area contributed by atoms with Gasteiger partial charge in [-0.3, -0.25) is 0 Å². The molecule has 1 saturated carbocycles. The number of aliphatic hydroxyl groups is 2. The van der Waals surface area contributed by atoms with E-state index in [2.05, 4.69) is 0 Å². The maximum atomic E-state index is 9.69. The quantitative estimate of drug-likeness (QED) is 0.707. The maximum absolute atomic E-state index is 9.69. The molecule has 0 amide bonds. The highest BCUT2D eigenvalue weighted by Crippen LogP contribution is 2.29. The zero-order valence-electron chi connectivity index (χ0n) is 8.74. The van der Waals surface area contributed by atoms with E-state index in [9.17, 15) is 10.2 Å². The van der Waals surface area contributed by atoms with Crippen LogP contribution in [0.5, 0.6) is 0 Å². The van der Waals surface area contributed by atoms with E-state index in [4.69, 9.17) is 0 Å². The molecule has 0 radical (unpaired) electrons. The highest BCUT2D eigenvalue weighted by molar-refractivity contribution is 4.77. The van der Waals surface area contributed by atoms with Crippen molar-refractivity contribution in [2.75, 3.05) is 0 Å². The average Bonchev–Trinajstić information content (AvgIpc) is 2.08. The summed E-state index contributed by atoms with van der Waals surface area (Å²) >= 11 is 0. The fraction of sp³-hybridized carbons (Fsp3) is 1.00. The van der Waals surface area contributed by atoms with E-state index in [1.807, 2.05) is 13.8 Å². The number of hydrogen-bond donors (Lipinski definition) is 2. The zero-order chi connectivity index (χ0) is 9.84. The standard InChI is InChI=1S/C11H22O2/c1-8(2)11(13)7-9-5-3-4-6-10(9)12/h8-13H,3-7H2,1-2H3. The maximum Gasteiger partial charge on any atom is 0.0569 e. The highest BCUT2D eigenvalue weighted by Gasteiger charge is 2.26. The van der Waals surface area contributed by atoms with Crippen LogP contribution >= 0.6 is 0 Å². The lowest BCUT2D eigenvalue weighted by Gasteiger charge is -2.30. The molecule has 2 N–H and O–H groups in total. The van der Waals surface area contributed by atoms with Gasteiger partial charge in [0.1, 0.15) is 0 Å². The molecule has 0 saturated heterocycles. The Morgan fingerprint density at radius 2 is 1.85 bits per heavy atom. The predicted molar refractivity (Wildman–Crippen MR) is 53.4 cm³/mol. The van der Waals surface area contributed by atoms with Gasteiger partial charge in [-0.1, -0.05) is 26.7 Å². The fourth-order valence-corrected chi connectivity index (χ4v) is 2.05. The Bertz CT molecular complexity index is 145. The summed E-state index contributed by atoms with van der Waals surface area (Å²) in [6.07, 6.45) is 4.75. The molecular weight excluding hydrogens is 164 g/mol. The van der Waals surface area contributed by atoms with Gasteiger partial charge < -0.3 is 10.2 Å². The topological polar surface area (TPSA) is 40.5 Å². The van der Waals surface area contributed by atoms with Gasteiger partial charge in [-0.15, -0.1) is 0 Å². The molecule has 1 rings (SSSR count). The first-order chi connectivity index (χ1) is 6.11. The minimum Gasteiger partial charge on any atom is -0.393 e. The summed E-state index contributed by atoms with van der Waals surface area (Å²) in [6.45, 7) is 4.06. The van der Waals surface area contributed by atoms with Crippen LogP contribution in [0.3, 0.4) is 0 Å². The summed E-state index contributed by atoms with van der Waals surface area (Å²) in [6, 6.07) is 0. The lowest BCUT2D eigenvalue weighted by molar-refractivity contribution is 0.0205. The first-order valence-electron chi connectivity index (χ1n) is 5.47. The Labute approximate surface area is 81.0 Å². The van der Waals surface area contributed by atoms with Crippen molar-refractivity contribution in [3.63, 3.8) is 0 Å². The number of rotatable bonds is 3. The molecule has 0 aromatic carbocycles. The van der Waals surface area contributed by atoms with Gasteiger partial charge >= 0.3 is 0 Å². The van der Waals surface area contributed by atoms with Crippen LogP contribution in [0.2, 0.25) is 0 Å².